The van der Waals surface area contributed by atoms with E-state index < -0.39 is 4.92 Å². The SMILES string of the molecule is Cc1ccc(C2=C([O-])[N+](C)(C)N(C)C2=Nc2ccc([N+](=O)[O-])cc2)cc1. The van der Waals surface area contributed by atoms with Gasteiger partial charge in [-0.15, -0.1) is 0 Å². The summed E-state index contributed by atoms with van der Waals surface area (Å²) in [7, 11) is 5.41. The molecule has 0 N–H and O–H groups in total. The van der Waals surface area contributed by atoms with Gasteiger partial charge in [0.1, 0.15) is 5.88 Å². The Labute approximate surface area is 151 Å². The molecule has 0 fully saturated rings. The highest BCUT2D eigenvalue weighted by atomic mass is 16.6. The van der Waals surface area contributed by atoms with Gasteiger partial charge in [0.25, 0.3) is 5.69 Å². The molecular formula is C19H20N4O3. The number of amidine groups is 1. The minimum Gasteiger partial charge on any atom is -0.829 e. The van der Waals surface area contributed by atoms with E-state index >= 15 is 0 Å². The largest absolute Gasteiger partial charge is 0.829 e. The molecule has 3 rings (SSSR count). The summed E-state index contributed by atoms with van der Waals surface area (Å²) in [5.41, 5.74) is 3.00. The lowest BCUT2D eigenvalue weighted by molar-refractivity contribution is -0.984. The van der Waals surface area contributed by atoms with Crippen LogP contribution in [-0.4, -0.2) is 41.5 Å². The van der Waals surface area contributed by atoms with Crippen molar-refractivity contribution in [2.24, 2.45) is 4.99 Å². The second kappa shape index (κ2) is 6.27. The van der Waals surface area contributed by atoms with Crippen molar-refractivity contribution in [3.05, 3.63) is 75.7 Å². The second-order valence-corrected chi connectivity index (χ2v) is 6.67. The molecule has 7 heteroatoms. The molecule has 0 aliphatic carbocycles. The Bertz CT molecular complexity index is 913. The van der Waals surface area contributed by atoms with Crippen LogP contribution in [0, 0.1) is 17.0 Å². The third-order valence-corrected chi connectivity index (χ3v) is 4.63. The lowest BCUT2D eigenvalue weighted by Gasteiger charge is -2.35. The van der Waals surface area contributed by atoms with Gasteiger partial charge in [0, 0.05) is 12.1 Å². The fraction of sp³-hybridized carbons (Fsp3) is 0.211. The fourth-order valence-electron chi connectivity index (χ4n) is 2.78. The number of aryl methyl sites for hydroxylation is 1. The Balaban J connectivity index is 2.11. The van der Waals surface area contributed by atoms with Gasteiger partial charge < -0.3 is 5.11 Å². The molecule has 2 aromatic rings. The zero-order chi connectivity index (χ0) is 19.1. The van der Waals surface area contributed by atoms with Crippen LogP contribution < -0.4 is 5.11 Å². The monoisotopic (exact) mass is 352 g/mol. The van der Waals surface area contributed by atoms with Crippen molar-refractivity contribution < 1.29 is 14.6 Å². The van der Waals surface area contributed by atoms with Gasteiger partial charge in [0.05, 0.1) is 37.3 Å². The zero-order valence-electron chi connectivity index (χ0n) is 15.1. The normalized spacial score (nSPS) is 17.8. The van der Waals surface area contributed by atoms with Gasteiger partial charge in [-0.05, 0) is 24.6 Å². The van der Waals surface area contributed by atoms with E-state index in [9.17, 15) is 15.2 Å². The van der Waals surface area contributed by atoms with Gasteiger partial charge in [0.2, 0.25) is 0 Å². The van der Waals surface area contributed by atoms with E-state index in [1.165, 1.54) is 12.1 Å². The minimum absolute atomic E-state index is 0.00338. The molecule has 7 nitrogen and oxygen atoms in total. The van der Waals surface area contributed by atoms with Crippen LogP contribution in [0.2, 0.25) is 0 Å². The van der Waals surface area contributed by atoms with Crippen molar-refractivity contribution in [3.8, 4) is 0 Å². The van der Waals surface area contributed by atoms with Crippen LogP contribution in [0.4, 0.5) is 11.4 Å². The Morgan fingerprint density at radius 3 is 2.15 bits per heavy atom. The van der Waals surface area contributed by atoms with E-state index in [4.69, 9.17) is 0 Å². The maximum absolute atomic E-state index is 13.0. The molecule has 0 saturated heterocycles. The van der Waals surface area contributed by atoms with E-state index in [-0.39, 0.29) is 16.2 Å². The standard InChI is InChI=1S/C19H20N4O3/c1-13-5-7-14(8-6-13)17-18(21(2)23(3,4)19(17)24)20-15-9-11-16(12-10-15)22(25)26/h5-12H,1-4H3. The van der Waals surface area contributed by atoms with Crippen molar-refractivity contribution in [2.75, 3.05) is 21.1 Å². The lowest BCUT2D eigenvalue weighted by atomic mass is 10.0. The fourth-order valence-corrected chi connectivity index (χ4v) is 2.78. The van der Waals surface area contributed by atoms with Crippen LogP contribution in [-0.2, 0) is 0 Å². The summed E-state index contributed by atoms with van der Waals surface area (Å²) in [6.07, 6.45) is 0. The summed E-state index contributed by atoms with van der Waals surface area (Å²) in [5.74, 6) is 0.481. The third kappa shape index (κ3) is 2.93. The molecule has 0 spiro atoms. The van der Waals surface area contributed by atoms with Crippen molar-refractivity contribution >= 4 is 22.8 Å². The Morgan fingerprint density at radius 2 is 1.62 bits per heavy atom. The number of quaternary nitrogens is 1. The lowest BCUT2D eigenvalue weighted by Crippen LogP contribution is -2.51. The average molecular weight is 352 g/mol. The molecule has 1 aliphatic heterocycles. The molecule has 0 amide bonds. The topological polar surface area (TPSA) is 81.8 Å². The van der Waals surface area contributed by atoms with Crippen LogP contribution in [0.15, 0.2) is 59.4 Å². The zero-order valence-corrected chi connectivity index (χ0v) is 15.1. The summed E-state index contributed by atoms with van der Waals surface area (Å²) in [6, 6.07) is 13.7. The number of rotatable bonds is 3. The van der Waals surface area contributed by atoms with Crippen molar-refractivity contribution in [1.82, 2.24) is 5.01 Å². The molecule has 26 heavy (non-hydrogen) atoms. The number of benzene rings is 2. The average Bonchev–Trinajstić information content (AvgIpc) is 2.77. The number of aliphatic imine (C=N–C) groups is 1. The highest BCUT2D eigenvalue weighted by Crippen LogP contribution is 2.34. The van der Waals surface area contributed by atoms with E-state index in [1.807, 2.05) is 38.2 Å². The first-order chi connectivity index (χ1) is 12.2. The number of hydrogen-bond donors (Lipinski definition) is 0. The molecule has 0 aromatic heterocycles. The van der Waals surface area contributed by atoms with Crippen LogP contribution in [0.5, 0.6) is 0 Å². The van der Waals surface area contributed by atoms with Crippen molar-refractivity contribution in [1.29, 1.82) is 0 Å². The molecule has 0 unspecified atom stereocenters. The quantitative estimate of drug-likeness (QED) is 0.483. The van der Waals surface area contributed by atoms with Crippen LogP contribution >= 0.6 is 0 Å². The number of likely N-dealkylation sites (N-methyl/N-ethyl adjacent to an activating group) is 1. The molecule has 0 radical (unpaired) electrons. The first-order valence-corrected chi connectivity index (χ1v) is 8.12. The molecule has 1 heterocycles. The highest BCUT2D eigenvalue weighted by molar-refractivity contribution is 6.24. The van der Waals surface area contributed by atoms with Crippen LogP contribution in [0.25, 0.3) is 5.57 Å². The van der Waals surface area contributed by atoms with Gasteiger partial charge in [-0.1, -0.05) is 29.8 Å². The highest BCUT2D eigenvalue weighted by Gasteiger charge is 2.39. The predicted octanol–water partition coefficient (Wildman–Crippen LogP) is 2.60. The minimum atomic E-state index is -0.452. The molecule has 134 valence electrons. The Kier molecular flexibility index (Phi) is 4.25. The molecule has 2 aromatic carbocycles. The van der Waals surface area contributed by atoms with E-state index in [0.717, 1.165) is 11.1 Å². The maximum atomic E-state index is 13.0. The number of nitro benzene ring substituents is 1. The molecule has 0 saturated carbocycles. The first kappa shape index (κ1) is 17.6. The van der Waals surface area contributed by atoms with E-state index in [0.29, 0.717) is 17.1 Å². The van der Waals surface area contributed by atoms with E-state index in [2.05, 4.69) is 4.99 Å². The Morgan fingerprint density at radius 1 is 1.04 bits per heavy atom. The summed E-state index contributed by atoms with van der Waals surface area (Å²) >= 11 is 0. The molecular weight excluding hydrogens is 332 g/mol. The van der Waals surface area contributed by atoms with E-state index in [1.54, 1.807) is 31.2 Å². The molecule has 0 atom stereocenters. The summed E-state index contributed by atoms with van der Waals surface area (Å²) in [4.78, 5) is 15.0. The molecule has 0 bridgehead atoms. The van der Waals surface area contributed by atoms with Crippen LogP contribution in [0.1, 0.15) is 11.1 Å². The molecule has 1 aliphatic rings. The maximum Gasteiger partial charge on any atom is 0.269 e. The third-order valence-electron chi connectivity index (χ3n) is 4.63. The summed E-state index contributed by atoms with van der Waals surface area (Å²) < 4.78 is 0.0228. The van der Waals surface area contributed by atoms with Gasteiger partial charge in [-0.3, -0.25) is 10.1 Å². The number of nitro groups is 1. The van der Waals surface area contributed by atoms with Gasteiger partial charge in [-0.2, -0.15) is 0 Å². The van der Waals surface area contributed by atoms with Crippen LogP contribution in [0.3, 0.4) is 0 Å². The summed E-state index contributed by atoms with van der Waals surface area (Å²) in [5, 5.41) is 25.6. The number of non-ortho nitro benzene ring substituents is 1. The number of nitrogens with zero attached hydrogens (tertiary/aromatic N) is 4. The summed E-state index contributed by atoms with van der Waals surface area (Å²) in [6.45, 7) is 1.99. The van der Waals surface area contributed by atoms with Gasteiger partial charge in [0.15, 0.2) is 5.84 Å². The van der Waals surface area contributed by atoms with Crippen molar-refractivity contribution in [3.63, 3.8) is 0 Å². The predicted molar refractivity (Wildman–Crippen MR) is 98.2 cm³/mol. The van der Waals surface area contributed by atoms with Crippen molar-refractivity contribution in [2.45, 2.75) is 6.92 Å². The van der Waals surface area contributed by atoms with Gasteiger partial charge >= 0.3 is 0 Å². The first-order valence-electron chi connectivity index (χ1n) is 8.12. The number of hydrogen-bond acceptors (Lipinski definition) is 4. The van der Waals surface area contributed by atoms with Gasteiger partial charge in [-0.25, -0.2) is 14.6 Å². The smallest absolute Gasteiger partial charge is 0.269 e. The Hall–Kier alpha value is -3.19. The second-order valence-electron chi connectivity index (χ2n) is 6.67.